The van der Waals surface area contributed by atoms with E-state index in [0.717, 1.165) is 47.0 Å². The first-order chi connectivity index (χ1) is 14.1. The maximum Gasteiger partial charge on any atom is 0.263 e. The predicted octanol–water partition coefficient (Wildman–Crippen LogP) is 5.04. The molecule has 0 aliphatic heterocycles. The minimum Gasteiger partial charge on any atom is -0.464 e. The van der Waals surface area contributed by atoms with Gasteiger partial charge in [-0.3, -0.25) is 9.36 Å². The first-order valence-corrected chi connectivity index (χ1v) is 10.9. The van der Waals surface area contributed by atoms with Gasteiger partial charge in [0.1, 0.15) is 16.4 Å². The van der Waals surface area contributed by atoms with E-state index in [0.29, 0.717) is 17.7 Å². The van der Waals surface area contributed by atoms with E-state index in [1.165, 1.54) is 11.3 Å². The molecule has 0 radical (unpaired) electrons. The molecule has 0 aliphatic carbocycles. The molecule has 0 atom stereocenters. The number of thiophene rings is 1. The summed E-state index contributed by atoms with van der Waals surface area (Å²) in [6.07, 6.45) is 1.63. The third-order valence-corrected chi connectivity index (χ3v) is 6.16. The van der Waals surface area contributed by atoms with E-state index in [-0.39, 0.29) is 5.56 Å². The first-order valence-electron chi connectivity index (χ1n) is 9.97. The lowest BCUT2D eigenvalue weighted by atomic mass is 10.1. The maximum atomic E-state index is 13.6. The zero-order valence-corrected chi connectivity index (χ0v) is 17.8. The van der Waals surface area contributed by atoms with E-state index in [4.69, 9.17) is 9.40 Å². The maximum absolute atomic E-state index is 13.6. The Kier molecular flexibility index (Phi) is 5.65. The molecule has 0 bridgehead atoms. The Morgan fingerprint density at radius 2 is 2.00 bits per heavy atom. The molecule has 0 unspecified atom stereocenters. The van der Waals surface area contributed by atoms with E-state index < -0.39 is 0 Å². The van der Waals surface area contributed by atoms with Crippen molar-refractivity contribution in [3.05, 3.63) is 64.0 Å². The van der Waals surface area contributed by atoms with Crippen molar-refractivity contribution in [3.8, 4) is 22.7 Å². The molecule has 4 aromatic rings. The van der Waals surface area contributed by atoms with Crippen LogP contribution in [-0.2, 0) is 6.54 Å². The molecule has 0 N–H and O–H groups in total. The SMILES string of the molecule is CCN(CC)CCn1c(-c2cccc(C)c2)nc2scc(-c3ccco3)c2c1=O. The fourth-order valence-corrected chi connectivity index (χ4v) is 4.55. The van der Waals surface area contributed by atoms with Crippen molar-refractivity contribution < 1.29 is 4.42 Å². The van der Waals surface area contributed by atoms with E-state index in [2.05, 4.69) is 37.8 Å². The van der Waals surface area contributed by atoms with Crippen LogP contribution in [0.3, 0.4) is 0 Å². The third kappa shape index (κ3) is 3.78. The molecular weight excluding hydrogens is 382 g/mol. The third-order valence-electron chi connectivity index (χ3n) is 5.29. The molecule has 0 saturated heterocycles. The quantitative estimate of drug-likeness (QED) is 0.431. The highest BCUT2D eigenvalue weighted by Crippen LogP contribution is 2.32. The van der Waals surface area contributed by atoms with Gasteiger partial charge in [-0.1, -0.05) is 37.6 Å². The summed E-state index contributed by atoms with van der Waals surface area (Å²) in [4.78, 5) is 21.6. The molecule has 0 amide bonds. The standard InChI is InChI=1S/C23H25N3O2S/c1-4-25(5-2)11-12-26-21(17-9-6-8-16(3)14-17)24-22-20(23(26)27)18(15-29-22)19-10-7-13-28-19/h6-10,13-15H,4-5,11-12H2,1-3H3. The van der Waals surface area contributed by atoms with E-state index in [1.54, 1.807) is 6.26 Å². The van der Waals surface area contributed by atoms with Crippen LogP contribution in [0.2, 0.25) is 0 Å². The number of hydrogen-bond acceptors (Lipinski definition) is 5. The van der Waals surface area contributed by atoms with Gasteiger partial charge >= 0.3 is 0 Å². The molecule has 0 aliphatic rings. The summed E-state index contributed by atoms with van der Waals surface area (Å²) < 4.78 is 7.39. The van der Waals surface area contributed by atoms with Gasteiger partial charge in [-0.25, -0.2) is 4.98 Å². The normalized spacial score (nSPS) is 11.6. The fourth-order valence-electron chi connectivity index (χ4n) is 3.63. The van der Waals surface area contributed by atoms with Crippen molar-refractivity contribution in [3.63, 3.8) is 0 Å². The van der Waals surface area contributed by atoms with Gasteiger partial charge in [0.15, 0.2) is 0 Å². The summed E-state index contributed by atoms with van der Waals surface area (Å²) in [5.41, 5.74) is 2.93. The molecule has 150 valence electrons. The number of aryl methyl sites for hydroxylation is 1. The second-order valence-corrected chi connectivity index (χ2v) is 7.95. The van der Waals surface area contributed by atoms with E-state index in [1.807, 2.05) is 34.2 Å². The van der Waals surface area contributed by atoms with Gasteiger partial charge in [-0.05, 0) is 38.2 Å². The second kappa shape index (κ2) is 8.35. The van der Waals surface area contributed by atoms with Crippen LogP contribution in [0, 0.1) is 6.92 Å². The van der Waals surface area contributed by atoms with Gasteiger partial charge < -0.3 is 9.32 Å². The molecule has 6 heteroatoms. The van der Waals surface area contributed by atoms with Crippen LogP contribution >= 0.6 is 11.3 Å². The van der Waals surface area contributed by atoms with E-state index in [9.17, 15) is 4.79 Å². The van der Waals surface area contributed by atoms with Gasteiger partial charge in [-0.2, -0.15) is 0 Å². The van der Waals surface area contributed by atoms with Crippen molar-refractivity contribution in [2.45, 2.75) is 27.3 Å². The summed E-state index contributed by atoms with van der Waals surface area (Å²) in [6.45, 7) is 9.65. The van der Waals surface area contributed by atoms with Crippen molar-refractivity contribution >= 4 is 21.6 Å². The predicted molar refractivity (Wildman–Crippen MR) is 120 cm³/mol. The number of hydrogen-bond donors (Lipinski definition) is 0. The monoisotopic (exact) mass is 407 g/mol. The van der Waals surface area contributed by atoms with Crippen LogP contribution < -0.4 is 5.56 Å². The molecule has 1 aromatic carbocycles. The average molecular weight is 408 g/mol. The number of likely N-dealkylation sites (N-methyl/N-ethyl adjacent to an activating group) is 1. The minimum atomic E-state index is -0.00804. The Labute approximate surface area is 174 Å². The van der Waals surface area contributed by atoms with Crippen molar-refractivity contribution in [2.75, 3.05) is 19.6 Å². The highest BCUT2D eigenvalue weighted by atomic mass is 32.1. The Bertz CT molecular complexity index is 1170. The lowest BCUT2D eigenvalue weighted by Gasteiger charge is -2.20. The second-order valence-electron chi connectivity index (χ2n) is 7.10. The minimum absolute atomic E-state index is 0.00804. The highest BCUT2D eigenvalue weighted by molar-refractivity contribution is 7.17. The van der Waals surface area contributed by atoms with Crippen molar-refractivity contribution in [2.24, 2.45) is 0 Å². The molecule has 5 nitrogen and oxygen atoms in total. The molecule has 29 heavy (non-hydrogen) atoms. The summed E-state index contributed by atoms with van der Waals surface area (Å²) in [5.74, 6) is 1.43. The largest absolute Gasteiger partial charge is 0.464 e. The summed E-state index contributed by atoms with van der Waals surface area (Å²) in [6, 6.07) is 11.9. The van der Waals surface area contributed by atoms with Crippen LogP contribution in [0.5, 0.6) is 0 Å². The van der Waals surface area contributed by atoms with Gasteiger partial charge in [0.2, 0.25) is 0 Å². The Balaban J connectivity index is 1.91. The van der Waals surface area contributed by atoms with Gasteiger partial charge in [0, 0.05) is 29.6 Å². The van der Waals surface area contributed by atoms with Crippen molar-refractivity contribution in [1.29, 1.82) is 0 Å². The lowest BCUT2D eigenvalue weighted by Crippen LogP contribution is -2.32. The van der Waals surface area contributed by atoms with Crippen LogP contribution in [-0.4, -0.2) is 34.1 Å². The van der Waals surface area contributed by atoms with Crippen molar-refractivity contribution in [1.82, 2.24) is 14.5 Å². The van der Waals surface area contributed by atoms with Crippen LogP contribution in [0.4, 0.5) is 0 Å². The summed E-state index contributed by atoms with van der Waals surface area (Å²) in [7, 11) is 0. The molecular formula is C23H25N3O2S. The van der Waals surface area contributed by atoms with E-state index >= 15 is 0 Å². The number of aromatic nitrogens is 2. The molecule has 3 heterocycles. The molecule has 3 aromatic heterocycles. The lowest BCUT2D eigenvalue weighted by molar-refractivity contribution is 0.289. The van der Waals surface area contributed by atoms with Crippen LogP contribution in [0.15, 0.2) is 57.3 Å². The van der Waals surface area contributed by atoms with Crippen LogP contribution in [0.1, 0.15) is 19.4 Å². The molecule has 0 saturated carbocycles. The topological polar surface area (TPSA) is 51.3 Å². The smallest absolute Gasteiger partial charge is 0.263 e. The fraction of sp³-hybridized carbons (Fsp3) is 0.304. The number of fused-ring (bicyclic) bond motifs is 1. The zero-order valence-electron chi connectivity index (χ0n) is 17.0. The summed E-state index contributed by atoms with van der Waals surface area (Å²) >= 11 is 1.49. The molecule has 0 fully saturated rings. The van der Waals surface area contributed by atoms with Crippen LogP contribution in [0.25, 0.3) is 32.9 Å². The molecule has 4 rings (SSSR count). The number of benzene rings is 1. The summed E-state index contributed by atoms with van der Waals surface area (Å²) in [5, 5.41) is 2.60. The van der Waals surface area contributed by atoms with Gasteiger partial charge in [0.05, 0.1) is 11.6 Å². The Morgan fingerprint density at radius 1 is 1.17 bits per heavy atom. The van der Waals surface area contributed by atoms with Gasteiger partial charge in [0.25, 0.3) is 5.56 Å². The number of rotatable bonds is 7. The van der Waals surface area contributed by atoms with Gasteiger partial charge in [-0.15, -0.1) is 11.3 Å². The number of furan rings is 1. The first kappa shape index (κ1) is 19.6. The zero-order chi connectivity index (χ0) is 20.4. The number of nitrogens with zero attached hydrogens (tertiary/aromatic N) is 3. The highest BCUT2D eigenvalue weighted by Gasteiger charge is 2.19. The Hall–Kier alpha value is -2.70. The molecule has 0 spiro atoms. The Morgan fingerprint density at radius 3 is 2.69 bits per heavy atom. The average Bonchev–Trinajstić information content (AvgIpc) is 3.39.